The zero-order chi connectivity index (χ0) is 18.2. The van der Waals surface area contributed by atoms with E-state index in [0.29, 0.717) is 11.4 Å². The van der Waals surface area contributed by atoms with Gasteiger partial charge in [0.2, 0.25) is 15.7 Å². The van der Waals surface area contributed by atoms with Crippen LogP contribution in [0.25, 0.3) is 0 Å². The number of nitrogens with zero attached hydrogens (tertiary/aromatic N) is 1. The summed E-state index contributed by atoms with van der Waals surface area (Å²) < 4.78 is 47.9. The van der Waals surface area contributed by atoms with E-state index in [1.54, 1.807) is 24.3 Å². The molecule has 1 N–H and O–H groups in total. The van der Waals surface area contributed by atoms with Gasteiger partial charge in [-0.05, 0) is 36.4 Å². The van der Waals surface area contributed by atoms with E-state index >= 15 is 0 Å². The van der Waals surface area contributed by atoms with Crippen LogP contribution in [0.15, 0.2) is 53.4 Å². The normalized spacial score (nSPS) is 14.2. The summed E-state index contributed by atoms with van der Waals surface area (Å²) in [5, 5.41) is 2.64. The molecule has 2 amide bonds. The van der Waals surface area contributed by atoms with Gasteiger partial charge < -0.3 is 5.32 Å². The molecule has 2 aromatic rings. The summed E-state index contributed by atoms with van der Waals surface area (Å²) in [6.07, 6.45) is 0. The maximum atomic E-state index is 12.7. The van der Waals surface area contributed by atoms with Crippen LogP contribution in [0.5, 0.6) is 0 Å². The number of sulfone groups is 1. The smallest absolute Gasteiger partial charge is 0.323 e. The number of nitrogens with one attached hydrogen (secondary N) is 1. The van der Waals surface area contributed by atoms with Gasteiger partial charge in [0, 0.05) is 5.56 Å². The number of hydrogen-bond donors (Lipinski definition) is 1. The number of amides is 2. The predicted molar refractivity (Wildman–Crippen MR) is 86.4 cm³/mol. The van der Waals surface area contributed by atoms with Gasteiger partial charge in [0.05, 0.1) is 16.3 Å². The molecule has 6 nitrogen and oxygen atoms in total. The van der Waals surface area contributed by atoms with Gasteiger partial charge in [0.25, 0.3) is 5.91 Å². The van der Waals surface area contributed by atoms with Gasteiger partial charge in [-0.1, -0.05) is 12.1 Å². The Morgan fingerprint density at radius 1 is 1.08 bits per heavy atom. The van der Waals surface area contributed by atoms with Crippen molar-refractivity contribution in [2.45, 2.75) is 10.7 Å². The molecule has 0 bridgehead atoms. The fourth-order valence-electron chi connectivity index (χ4n) is 2.46. The quantitative estimate of drug-likeness (QED) is 0.903. The van der Waals surface area contributed by atoms with Gasteiger partial charge in [-0.2, -0.15) is 8.78 Å². The van der Waals surface area contributed by atoms with Crippen LogP contribution in [0.1, 0.15) is 10.4 Å². The lowest BCUT2D eigenvalue weighted by molar-refractivity contribution is -0.115. The summed E-state index contributed by atoms with van der Waals surface area (Å²) in [6, 6.07) is 10.9. The second-order valence-electron chi connectivity index (χ2n) is 5.29. The van der Waals surface area contributed by atoms with Crippen LogP contribution >= 0.6 is 0 Å². The summed E-state index contributed by atoms with van der Waals surface area (Å²) in [5.41, 5.74) is 1.05. The van der Waals surface area contributed by atoms with Crippen LogP contribution in [0, 0.1) is 0 Å². The highest BCUT2D eigenvalue weighted by atomic mass is 32.2. The molecule has 0 fully saturated rings. The zero-order valence-corrected chi connectivity index (χ0v) is 13.5. The van der Waals surface area contributed by atoms with Crippen molar-refractivity contribution in [3.63, 3.8) is 0 Å². The Hall–Kier alpha value is -2.81. The average Bonchev–Trinajstić information content (AvgIpc) is 2.60. The van der Waals surface area contributed by atoms with Crippen LogP contribution in [0.4, 0.5) is 20.2 Å². The van der Waals surface area contributed by atoms with E-state index in [0.717, 1.165) is 24.3 Å². The van der Waals surface area contributed by atoms with Gasteiger partial charge in [-0.25, -0.2) is 8.42 Å². The minimum Gasteiger partial charge on any atom is -0.323 e. The minimum atomic E-state index is -4.72. The van der Waals surface area contributed by atoms with E-state index in [1.807, 2.05) is 0 Å². The lowest BCUT2D eigenvalue weighted by atomic mass is 10.1. The predicted octanol–water partition coefficient (Wildman–Crippen LogP) is 2.28. The number of hydrogen-bond acceptors (Lipinski definition) is 4. The number of rotatable bonds is 3. The molecule has 25 heavy (non-hydrogen) atoms. The molecule has 2 aromatic carbocycles. The number of carbonyl (C=O) groups is 2. The van der Waals surface area contributed by atoms with Crippen molar-refractivity contribution in [3.05, 3.63) is 54.1 Å². The highest BCUT2D eigenvalue weighted by Gasteiger charge is 2.29. The van der Waals surface area contributed by atoms with Crippen molar-refractivity contribution < 1.29 is 26.8 Å². The first-order valence-electron chi connectivity index (χ1n) is 7.13. The third kappa shape index (κ3) is 3.10. The Labute approximate surface area is 142 Å². The summed E-state index contributed by atoms with van der Waals surface area (Å²) >= 11 is 0. The highest BCUT2D eigenvalue weighted by Crippen LogP contribution is 2.30. The average molecular weight is 366 g/mol. The third-order valence-corrected chi connectivity index (χ3v) is 5.08. The fraction of sp³-hybridized carbons (Fsp3) is 0.125. The van der Waals surface area contributed by atoms with E-state index in [9.17, 15) is 26.8 Å². The van der Waals surface area contributed by atoms with Crippen molar-refractivity contribution in [3.8, 4) is 0 Å². The fourth-order valence-corrected chi connectivity index (χ4v) is 3.18. The van der Waals surface area contributed by atoms with Crippen molar-refractivity contribution in [1.82, 2.24) is 0 Å². The number of fused-ring (bicyclic) bond motifs is 1. The van der Waals surface area contributed by atoms with Gasteiger partial charge in [-0.15, -0.1) is 0 Å². The second-order valence-corrected chi connectivity index (χ2v) is 7.20. The van der Waals surface area contributed by atoms with E-state index < -0.39 is 26.4 Å². The van der Waals surface area contributed by atoms with Crippen molar-refractivity contribution in [2.75, 3.05) is 16.8 Å². The molecule has 1 aliphatic heterocycles. The number of anilines is 2. The maximum absolute atomic E-state index is 12.7. The van der Waals surface area contributed by atoms with Crippen molar-refractivity contribution >= 4 is 33.0 Å². The Kier molecular flexibility index (Phi) is 4.25. The number of para-hydroxylation sites is 2. The van der Waals surface area contributed by atoms with E-state index in [1.165, 1.54) is 4.90 Å². The lowest BCUT2D eigenvalue weighted by Crippen LogP contribution is -2.42. The Bertz CT molecular complexity index is 943. The summed E-state index contributed by atoms with van der Waals surface area (Å²) in [4.78, 5) is 25.1. The highest BCUT2D eigenvalue weighted by molar-refractivity contribution is 7.91. The maximum Gasteiger partial charge on any atom is 0.341 e. The van der Waals surface area contributed by atoms with Crippen LogP contribution in [-0.2, 0) is 14.6 Å². The Morgan fingerprint density at radius 3 is 2.36 bits per heavy atom. The first-order valence-corrected chi connectivity index (χ1v) is 8.68. The SMILES string of the molecule is O=C1CN(C(=O)c2ccc(S(=O)(=O)C(F)F)cc2)c2ccccc2N1. The summed E-state index contributed by atoms with van der Waals surface area (Å²) in [7, 11) is -4.72. The van der Waals surface area contributed by atoms with E-state index in [4.69, 9.17) is 0 Å². The molecule has 0 aromatic heterocycles. The Morgan fingerprint density at radius 2 is 1.72 bits per heavy atom. The molecule has 130 valence electrons. The standard InChI is InChI=1S/C16H12F2N2O4S/c17-16(18)25(23,24)11-7-5-10(6-8-11)15(22)20-9-14(21)19-12-3-1-2-4-13(12)20/h1-8,16H,9H2,(H,19,21). The Balaban J connectivity index is 1.93. The van der Waals surface area contributed by atoms with Crippen LogP contribution in [-0.4, -0.2) is 32.5 Å². The molecular formula is C16H12F2N2O4S. The molecule has 0 saturated heterocycles. The molecule has 1 heterocycles. The van der Waals surface area contributed by atoms with Crippen LogP contribution in [0.3, 0.4) is 0 Å². The first kappa shape index (κ1) is 17.0. The van der Waals surface area contributed by atoms with Gasteiger partial charge in [0.1, 0.15) is 6.54 Å². The number of carbonyl (C=O) groups excluding carboxylic acids is 2. The molecule has 9 heteroatoms. The molecule has 0 atom stereocenters. The largest absolute Gasteiger partial charge is 0.341 e. The van der Waals surface area contributed by atoms with Crippen molar-refractivity contribution in [2.24, 2.45) is 0 Å². The summed E-state index contributed by atoms with van der Waals surface area (Å²) in [5.74, 6) is -4.45. The van der Waals surface area contributed by atoms with Crippen LogP contribution in [0.2, 0.25) is 0 Å². The third-order valence-electron chi connectivity index (χ3n) is 3.68. The second kappa shape index (κ2) is 6.25. The van der Waals surface area contributed by atoms with Gasteiger partial charge >= 0.3 is 5.76 Å². The molecule has 3 rings (SSSR count). The molecule has 1 aliphatic rings. The van der Waals surface area contributed by atoms with E-state index in [-0.39, 0.29) is 18.0 Å². The molecule has 0 unspecified atom stereocenters. The minimum absolute atomic E-state index is 0.0812. The molecule has 0 radical (unpaired) electrons. The first-order chi connectivity index (χ1) is 11.8. The lowest BCUT2D eigenvalue weighted by Gasteiger charge is -2.29. The number of alkyl halides is 2. The molecular weight excluding hydrogens is 354 g/mol. The van der Waals surface area contributed by atoms with Gasteiger partial charge in [-0.3, -0.25) is 14.5 Å². The van der Waals surface area contributed by atoms with Gasteiger partial charge in [0.15, 0.2) is 0 Å². The monoisotopic (exact) mass is 366 g/mol. The van der Waals surface area contributed by atoms with Crippen molar-refractivity contribution in [1.29, 1.82) is 0 Å². The van der Waals surface area contributed by atoms with E-state index in [2.05, 4.69) is 5.32 Å². The summed E-state index contributed by atoms with van der Waals surface area (Å²) in [6.45, 7) is -0.201. The van der Waals surface area contributed by atoms with Crippen LogP contribution < -0.4 is 10.2 Å². The molecule has 0 aliphatic carbocycles. The number of halogens is 2. The number of benzene rings is 2. The topological polar surface area (TPSA) is 83.6 Å². The zero-order valence-electron chi connectivity index (χ0n) is 12.6. The molecule has 0 saturated carbocycles. The molecule has 0 spiro atoms.